The average molecular weight is 243 g/mol. The van der Waals surface area contributed by atoms with E-state index < -0.39 is 0 Å². The van der Waals surface area contributed by atoms with Crippen LogP contribution in [-0.4, -0.2) is 6.04 Å². The minimum atomic E-state index is 0.414. The zero-order valence-corrected chi connectivity index (χ0v) is 11.4. The highest BCUT2D eigenvalue weighted by molar-refractivity contribution is 5.28. The monoisotopic (exact) mass is 243 g/mol. The molecule has 0 bridgehead atoms. The molecule has 0 radical (unpaired) electrons. The molecule has 0 aliphatic rings. The van der Waals surface area contributed by atoms with Gasteiger partial charge in [-0.25, -0.2) is 0 Å². The van der Waals surface area contributed by atoms with E-state index in [1.165, 1.54) is 16.7 Å². The van der Waals surface area contributed by atoms with Crippen LogP contribution >= 0.6 is 0 Å². The first-order valence-electron chi connectivity index (χ1n) is 6.46. The molecular weight excluding hydrogens is 222 g/mol. The largest absolute Gasteiger partial charge is 0.469 e. The lowest BCUT2D eigenvalue weighted by molar-refractivity contribution is 0.456. The topological polar surface area (TPSA) is 25.2 Å². The highest BCUT2D eigenvalue weighted by Gasteiger charge is 2.05. The Kier molecular flexibility index (Phi) is 4.21. The summed E-state index contributed by atoms with van der Waals surface area (Å²) in [5, 5.41) is 3.53. The van der Waals surface area contributed by atoms with E-state index in [4.69, 9.17) is 4.42 Å². The minimum absolute atomic E-state index is 0.414. The second-order valence-electron chi connectivity index (χ2n) is 5.06. The van der Waals surface area contributed by atoms with Crippen LogP contribution in [0.4, 0.5) is 0 Å². The van der Waals surface area contributed by atoms with Gasteiger partial charge in [-0.1, -0.05) is 29.3 Å². The van der Waals surface area contributed by atoms with Gasteiger partial charge in [0, 0.05) is 19.0 Å². The summed E-state index contributed by atoms with van der Waals surface area (Å²) in [5.74, 6) is 1.04. The van der Waals surface area contributed by atoms with E-state index in [2.05, 4.69) is 44.3 Å². The van der Waals surface area contributed by atoms with Crippen molar-refractivity contribution in [1.82, 2.24) is 5.32 Å². The molecule has 1 unspecified atom stereocenters. The third-order valence-corrected chi connectivity index (χ3v) is 3.02. The number of hydrogen-bond donors (Lipinski definition) is 1. The van der Waals surface area contributed by atoms with Crippen molar-refractivity contribution in [2.45, 2.75) is 39.8 Å². The van der Waals surface area contributed by atoms with Crippen molar-refractivity contribution >= 4 is 0 Å². The van der Waals surface area contributed by atoms with Gasteiger partial charge in [-0.05, 0) is 38.5 Å². The molecule has 96 valence electrons. The van der Waals surface area contributed by atoms with Gasteiger partial charge in [0.05, 0.1) is 6.26 Å². The second-order valence-corrected chi connectivity index (χ2v) is 5.06. The molecule has 1 aromatic heterocycles. The molecule has 0 amide bonds. The van der Waals surface area contributed by atoms with E-state index in [-0.39, 0.29) is 0 Å². The van der Waals surface area contributed by atoms with Gasteiger partial charge in [0.15, 0.2) is 0 Å². The molecule has 18 heavy (non-hydrogen) atoms. The van der Waals surface area contributed by atoms with E-state index in [9.17, 15) is 0 Å². The van der Waals surface area contributed by atoms with Crippen molar-refractivity contribution in [2.75, 3.05) is 0 Å². The van der Waals surface area contributed by atoms with Crippen LogP contribution in [0, 0.1) is 13.8 Å². The summed E-state index contributed by atoms with van der Waals surface area (Å²) in [7, 11) is 0. The predicted octanol–water partition coefficient (Wildman–Crippen LogP) is 3.62. The Hall–Kier alpha value is -1.54. The Bertz CT molecular complexity index is 468. The van der Waals surface area contributed by atoms with E-state index in [1.807, 2.05) is 12.1 Å². The Labute approximate surface area is 109 Å². The van der Waals surface area contributed by atoms with Crippen molar-refractivity contribution in [2.24, 2.45) is 0 Å². The van der Waals surface area contributed by atoms with Gasteiger partial charge in [-0.2, -0.15) is 0 Å². The van der Waals surface area contributed by atoms with Crippen molar-refractivity contribution in [3.8, 4) is 0 Å². The molecule has 0 aliphatic heterocycles. The summed E-state index contributed by atoms with van der Waals surface area (Å²) >= 11 is 0. The van der Waals surface area contributed by atoms with Gasteiger partial charge in [0.25, 0.3) is 0 Å². The smallest absolute Gasteiger partial charge is 0.105 e. The number of benzene rings is 1. The number of furan rings is 1. The summed E-state index contributed by atoms with van der Waals surface area (Å²) in [6.45, 7) is 7.38. The van der Waals surface area contributed by atoms with E-state index in [0.717, 1.165) is 18.7 Å². The van der Waals surface area contributed by atoms with E-state index in [1.54, 1.807) is 6.26 Å². The molecule has 0 spiro atoms. The molecule has 1 heterocycles. The van der Waals surface area contributed by atoms with Crippen LogP contribution in [-0.2, 0) is 13.0 Å². The van der Waals surface area contributed by atoms with Crippen molar-refractivity contribution < 1.29 is 4.42 Å². The fraction of sp³-hybridized carbons (Fsp3) is 0.375. The molecule has 1 aromatic carbocycles. The number of aryl methyl sites for hydroxylation is 2. The van der Waals surface area contributed by atoms with Crippen molar-refractivity contribution in [1.29, 1.82) is 0 Å². The average Bonchev–Trinajstić information content (AvgIpc) is 2.78. The lowest BCUT2D eigenvalue weighted by atomic mass is 10.1. The first-order valence-corrected chi connectivity index (χ1v) is 6.46. The first kappa shape index (κ1) is 12.9. The predicted molar refractivity (Wildman–Crippen MR) is 74.6 cm³/mol. The van der Waals surface area contributed by atoms with Crippen LogP contribution in [0.2, 0.25) is 0 Å². The molecule has 2 nitrogen and oxygen atoms in total. The Balaban J connectivity index is 1.87. The molecule has 2 aromatic rings. The highest BCUT2D eigenvalue weighted by atomic mass is 16.3. The van der Waals surface area contributed by atoms with Gasteiger partial charge in [-0.3, -0.25) is 0 Å². The quantitative estimate of drug-likeness (QED) is 0.867. The van der Waals surface area contributed by atoms with Crippen LogP contribution in [0.25, 0.3) is 0 Å². The van der Waals surface area contributed by atoms with Crippen LogP contribution < -0.4 is 5.32 Å². The highest BCUT2D eigenvalue weighted by Crippen LogP contribution is 2.09. The standard InChI is InChI=1S/C16H21NO/c1-12-7-13(2)9-15(8-12)11-17-14(3)10-16-5-4-6-18-16/h4-9,14,17H,10-11H2,1-3H3. The molecular formula is C16H21NO. The maximum atomic E-state index is 5.35. The lowest BCUT2D eigenvalue weighted by Gasteiger charge is -2.13. The van der Waals surface area contributed by atoms with Crippen LogP contribution in [0.5, 0.6) is 0 Å². The van der Waals surface area contributed by atoms with Crippen LogP contribution in [0.1, 0.15) is 29.4 Å². The SMILES string of the molecule is Cc1cc(C)cc(CNC(C)Cc2ccco2)c1. The third kappa shape index (κ3) is 3.74. The Morgan fingerprint density at radius 1 is 1.17 bits per heavy atom. The number of nitrogens with one attached hydrogen (secondary N) is 1. The van der Waals surface area contributed by atoms with E-state index >= 15 is 0 Å². The molecule has 1 atom stereocenters. The minimum Gasteiger partial charge on any atom is -0.469 e. The third-order valence-electron chi connectivity index (χ3n) is 3.02. The zero-order chi connectivity index (χ0) is 13.0. The van der Waals surface area contributed by atoms with Crippen LogP contribution in [0.15, 0.2) is 41.0 Å². The van der Waals surface area contributed by atoms with Gasteiger partial charge in [0.2, 0.25) is 0 Å². The lowest BCUT2D eigenvalue weighted by Crippen LogP contribution is -2.27. The summed E-state index contributed by atoms with van der Waals surface area (Å²) in [6.07, 6.45) is 2.66. The molecule has 2 heteroatoms. The fourth-order valence-electron chi connectivity index (χ4n) is 2.27. The maximum Gasteiger partial charge on any atom is 0.105 e. The number of rotatable bonds is 5. The van der Waals surface area contributed by atoms with E-state index in [0.29, 0.717) is 6.04 Å². The fourth-order valence-corrected chi connectivity index (χ4v) is 2.27. The summed E-state index contributed by atoms with van der Waals surface area (Å²) in [6, 6.07) is 11.0. The van der Waals surface area contributed by atoms with Gasteiger partial charge in [0.1, 0.15) is 5.76 Å². The van der Waals surface area contributed by atoms with Gasteiger partial charge < -0.3 is 9.73 Å². The van der Waals surface area contributed by atoms with Crippen LogP contribution in [0.3, 0.4) is 0 Å². The maximum absolute atomic E-state index is 5.35. The Morgan fingerprint density at radius 2 is 1.89 bits per heavy atom. The molecule has 0 fully saturated rings. The van der Waals surface area contributed by atoms with Gasteiger partial charge in [-0.15, -0.1) is 0 Å². The number of hydrogen-bond acceptors (Lipinski definition) is 2. The second kappa shape index (κ2) is 5.87. The molecule has 0 saturated carbocycles. The molecule has 2 rings (SSSR count). The summed E-state index contributed by atoms with van der Waals surface area (Å²) in [5.41, 5.74) is 4.00. The van der Waals surface area contributed by atoms with Crippen molar-refractivity contribution in [3.63, 3.8) is 0 Å². The summed E-state index contributed by atoms with van der Waals surface area (Å²) in [4.78, 5) is 0. The molecule has 1 N–H and O–H groups in total. The molecule has 0 saturated heterocycles. The Morgan fingerprint density at radius 3 is 2.50 bits per heavy atom. The zero-order valence-electron chi connectivity index (χ0n) is 11.4. The molecule has 0 aliphatic carbocycles. The normalized spacial score (nSPS) is 12.6. The first-order chi connectivity index (χ1) is 8.63. The van der Waals surface area contributed by atoms with Gasteiger partial charge >= 0.3 is 0 Å². The van der Waals surface area contributed by atoms with Crippen molar-refractivity contribution in [3.05, 3.63) is 59.0 Å². The summed E-state index contributed by atoms with van der Waals surface area (Å²) < 4.78 is 5.35.